The predicted molar refractivity (Wildman–Crippen MR) is 108 cm³/mol. The minimum atomic E-state index is 0.00191. The Labute approximate surface area is 165 Å². The van der Waals surface area contributed by atoms with Gasteiger partial charge in [0.1, 0.15) is 16.5 Å². The molecule has 2 heterocycles. The quantitative estimate of drug-likeness (QED) is 0.694. The molecule has 1 aromatic carbocycles. The average molecular weight is 389 g/mol. The number of aromatic nitrogens is 1. The number of ether oxygens (including phenoxy) is 2. The Kier molecular flexibility index (Phi) is 6.85. The van der Waals surface area contributed by atoms with Gasteiger partial charge in [-0.15, -0.1) is 11.3 Å². The number of amides is 1. The predicted octanol–water partition coefficient (Wildman–Crippen LogP) is 4.63. The van der Waals surface area contributed by atoms with Crippen molar-refractivity contribution in [1.29, 1.82) is 0 Å². The lowest BCUT2D eigenvalue weighted by atomic mass is 10.1. The molecule has 1 amide bonds. The van der Waals surface area contributed by atoms with Gasteiger partial charge in [-0.1, -0.05) is 6.92 Å². The molecular formula is C21H28N2O3S. The first-order chi connectivity index (χ1) is 13.1. The van der Waals surface area contributed by atoms with E-state index in [4.69, 9.17) is 9.47 Å². The van der Waals surface area contributed by atoms with Crippen LogP contribution in [0.5, 0.6) is 5.75 Å². The second-order valence-corrected chi connectivity index (χ2v) is 7.97. The number of hydrogen-bond acceptors (Lipinski definition) is 5. The van der Waals surface area contributed by atoms with E-state index in [1.807, 2.05) is 48.4 Å². The highest BCUT2D eigenvalue weighted by molar-refractivity contribution is 7.13. The first-order valence-electron chi connectivity index (χ1n) is 9.70. The van der Waals surface area contributed by atoms with Gasteiger partial charge in [0.15, 0.2) is 0 Å². The molecule has 1 aliphatic heterocycles. The van der Waals surface area contributed by atoms with Crippen molar-refractivity contribution < 1.29 is 14.3 Å². The summed E-state index contributed by atoms with van der Waals surface area (Å²) in [5.74, 6) is 0.843. The van der Waals surface area contributed by atoms with Crippen LogP contribution in [-0.2, 0) is 4.74 Å². The van der Waals surface area contributed by atoms with Gasteiger partial charge < -0.3 is 14.4 Å². The van der Waals surface area contributed by atoms with E-state index in [0.717, 1.165) is 48.7 Å². The lowest BCUT2D eigenvalue weighted by Gasteiger charge is -2.32. The molecule has 5 nitrogen and oxygen atoms in total. The zero-order chi connectivity index (χ0) is 19.2. The smallest absolute Gasteiger partial charge is 0.273 e. The van der Waals surface area contributed by atoms with E-state index in [1.165, 1.54) is 11.3 Å². The fourth-order valence-electron chi connectivity index (χ4n) is 3.16. The minimum absolute atomic E-state index is 0.00191. The summed E-state index contributed by atoms with van der Waals surface area (Å²) in [6.07, 6.45) is 3.30. The monoisotopic (exact) mass is 388 g/mol. The summed E-state index contributed by atoms with van der Waals surface area (Å²) in [5.41, 5.74) is 1.52. The number of likely N-dealkylation sites (tertiary alicyclic amines) is 1. The zero-order valence-electron chi connectivity index (χ0n) is 16.3. The highest BCUT2D eigenvalue weighted by Gasteiger charge is 2.26. The minimum Gasteiger partial charge on any atom is -0.491 e. The van der Waals surface area contributed by atoms with E-state index in [2.05, 4.69) is 11.9 Å². The van der Waals surface area contributed by atoms with Crippen molar-refractivity contribution in [3.8, 4) is 16.3 Å². The molecule has 3 rings (SSSR count). The summed E-state index contributed by atoms with van der Waals surface area (Å²) in [6.45, 7) is 8.30. The van der Waals surface area contributed by atoms with Crippen LogP contribution in [0.3, 0.4) is 0 Å². The van der Waals surface area contributed by atoms with Gasteiger partial charge in [0.05, 0.1) is 12.2 Å². The van der Waals surface area contributed by atoms with Crippen LogP contribution in [0.15, 0.2) is 29.6 Å². The third kappa shape index (κ3) is 5.30. The van der Waals surface area contributed by atoms with Gasteiger partial charge in [0.25, 0.3) is 5.91 Å². The zero-order valence-corrected chi connectivity index (χ0v) is 17.1. The Bertz CT molecular complexity index is 742. The molecule has 2 aromatic rings. The number of thiazole rings is 1. The van der Waals surface area contributed by atoms with Crippen LogP contribution in [0.1, 0.15) is 50.5 Å². The molecule has 1 aromatic heterocycles. The van der Waals surface area contributed by atoms with Crippen molar-refractivity contribution in [1.82, 2.24) is 9.88 Å². The second kappa shape index (κ2) is 9.33. The molecule has 27 heavy (non-hydrogen) atoms. The number of benzene rings is 1. The van der Waals surface area contributed by atoms with Crippen molar-refractivity contribution in [2.24, 2.45) is 0 Å². The maximum Gasteiger partial charge on any atom is 0.273 e. The molecule has 1 unspecified atom stereocenters. The standard InChI is InChI=1S/C21H28N2O3S/c1-4-12-25-18-6-5-11-23(13-18)21(24)19-14-27-20(22-19)16-7-9-17(10-8-16)26-15(2)3/h7-10,14-15,18H,4-6,11-13H2,1-3H3. The molecule has 0 radical (unpaired) electrons. The molecule has 1 saturated heterocycles. The first kappa shape index (κ1) is 19.8. The van der Waals surface area contributed by atoms with Crippen LogP contribution in [0, 0.1) is 0 Å². The van der Waals surface area contributed by atoms with Crippen LogP contribution < -0.4 is 4.74 Å². The van der Waals surface area contributed by atoms with Crippen molar-refractivity contribution in [2.75, 3.05) is 19.7 Å². The van der Waals surface area contributed by atoms with Crippen molar-refractivity contribution in [2.45, 2.75) is 52.2 Å². The lowest BCUT2D eigenvalue weighted by Crippen LogP contribution is -2.43. The van der Waals surface area contributed by atoms with E-state index in [0.29, 0.717) is 12.2 Å². The molecule has 1 fully saturated rings. The van der Waals surface area contributed by atoms with Gasteiger partial charge >= 0.3 is 0 Å². The van der Waals surface area contributed by atoms with Crippen LogP contribution >= 0.6 is 11.3 Å². The van der Waals surface area contributed by atoms with Crippen LogP contribution in [0.2, 0.25) is 0 Å². The molecule has 0 saturated carbocycles. The molecule has 1 atom stereocenters. The summed E-state index contributed by atoms with van der Waals surface area (Å²) < 4.78 is 11.5. The van der Waals surface area contributed by atoms with Gasteiger partial charge in [-0.25, -0.2) is 4.98 Å². The molecule has 0 spiro atoms. The van der Waals surface area contributed by atoms with E-state index < -0.39 is 0 Å². The fourth-order valence-corrected chi connectivity index (χ4v) is 3.96. The molecule has 0 bridgehead atoms. The number of hydrogen-bond donors (Lipinski definition) is 0. The maximum atomic E-state index is 12.8. The van der Waals surface area contributed by atoms with Crippen molar-refractivity contribution in [3.63, 3.8) is 0 Å². The van der Waals surface area contributed by atoms with Gasteiger partial charge in [-0.2, -0.15) is 0 Å². The van der Waals surface area contributed by atoms with Gasteiger partial charge in [0, 0.05) is 30.6 Å². The maximum absolute atomic E-state index is 12.8. The molecule has 1 aliphatic rings. The number of rotatable bonds is 7. The van der Waals surface area contributed by atoms with E-state index in [-0.39, 0.29) is 18.1 Å². The Morgan fingerprint density at radius 1 is 1.33 bits per heavy atom. The van der Waals surface area contributed by atoms with Gasteiger partial charge in [-0.05, 0) is 57.4 Å². The normalized spacial score (nSPS) is 17.3. The Hall–Kier alpha value is -1.92. The van der Waals surface area contributed by atoms with Gasteiger partial charge in [-0.3, -0.25) is 4.79 Å². The Balaban J connectivity index is 1.65. The molecule has 6 heteroatoms. The van der Waals surface area contributed by atoms with Crippen molar-refractivity contribution >= 4 is 17.2 Å². The number of carbonyl (C=O) groups excluding carboxylic acids is 1. The molecule has 0 N–H and O–H groups in total. The number of piperidine rings is 1. The largest absolute Gasteiger partial charge is 0.491 e. The SMILES string of the molecule is CCCOC1CCCN(C(=O)c2csc(-c3ccc(OC(C)C)cc3)n2)C1. The summed E-state index contributed by atoms with van der Waals surface area (Å²) in [5, 5.41) is 2.71. The van der Waals surface area contributed by atoms with E-state index in [9.17, 15) is 4.79 Å². The van der Waals surface area contributed by atoms with Crippen LogP contribution in [-0.4, -0.2) is 47.7 Å². The molecule has 146 valence electrons. The third-order valence-electron chi connectivity index (χ3n) is 4.42. The summed E-state index contributed by atoms with van der Waals surface area (Å²) in [4.78, 5) is 19.3. The Morgan fingerprint density at radius 3 is 2.81 bits per heavy atom. The summed E-state index contributed by atoms with van der Waals surface area (Å²) in [6, 6.07) is 7.86. The van der Waals surface area contributed by atoms with Gasteiger partial charge in [0.2, 0.25) is 0 Å². The fraction of sp³-hybridized carbons (Fsp3) is 0.524. The third-order valence-corrected chi connectivity index (χ3v) is 5.31. The highest BCUT2D eigenvalue weighted by Crippen LogP contribution is 2.27. The summed E-state index contributed by atoms with van der Waals surface area (Å²) in [7, 11) is 0. The molecular weight excluding hydrogens is 360 g/mol. The summed E-state index contributed by atoms with van der Waals surface area (Å²) >= 11 is 1.50. The lowest BCUT2D eigenvalue weighted by molar-refractivity contribution is 0.00195. The number of nitrogens with zero attached hydrogens (tertiary/aromatic N) is 2. The van der Waals surface area contributed by atoms with Crippen LogP contribution in [0.25, 0.3) is 10.6 Å². The average Bonchev–Trinajstić information content (AvgIpc) is 3.16. The Morgan fingerprint density at radius 2 is 2.11 bits per heavy atom. The van der Waals surface area contributed by atoms with E-state index >= 15 is 0 Å². The molecule has 0 aliphatic carbocycles. The highest BCUT2D eigenvalue weighted by atomic mass is 32.1. The first-order valence-corrected chi connectivity index (χ1v) is 10.6. The van der Waals surface area contributed by atoms with Crippen molar-refractivity contribution in [3.05, 3.63) is 35.3 Å². The van der Waals surface area contributed by atoms with E-state index in [1.54, 1.807) is 0 Å². The number of carbonyl (C=O) groups is 1. The van der Waals surface area contributed by atoms with Crippen LogP contribution in [0.4, 0.5) is 0 Å². The second-order valence-electron chi connectivity index (χ2n) is 7.12. The topological polar surface area (TPSA) is 51.7 Å².